The van der Waals surface area contributed by atoms with Crippen LogP contribution < -0.4 is 10.6 Å². The van der Waals surface area contributed by atoms with Crippen molar-refractivity contribution in [1.82, 2.24) is 15.6 Å². The molecule has 13 heavy (non-hydrogen) atoms. The average Bonchev–Trinajstić information content (AvgIpc) is 2.49. The summed E-state index contributed by atoms with van der Waals surface area (Å²) in [6, 6.07) is 2.58. The van der Waals surface area contributed by atoms with Crippen molar-refractivity contribution in [1.29, 1.82) is 0 Å². The molecule has 3 N–H and O–H groups in total. The topological polar surface area (TPSA) is 39.8 Å². The molecule has 1 rings (SSSR count). The fourth-order valence-corrected chi connectivity index (χ4v) is 1.57. The van der Waals surface area contributed by atoms with Gasteiger partial charge in [-0.25, -0.2) is 0 Å². The first-order valence-corrected chi connectivity index (χ1v) is 5.22. The molecule has 74 valence electrons. The lowest BCUT2D eigenvalue weighted by Crippen LogP contribution is -2.34. The minimum absolute atomic E-state index is 0.493. The van der Waals surface area contributed by atoms with Gasteiger partial charge in [0.1, 0.15) is 0 Å². The van der Waals surface area contributed by atoms with E-state index in [4.69, 9.17) is 0 Å². The quantitative estimate of drug-likeness (QED) is 0.736. The second kappa shape index (κ2) is 5.42. The molecular weight excluding hydrogens is 230 g/mol. The number of nitrogens with one attached hydrogen (secondary N) is 3. The van der Waals surface area contributed by atoms with E-state index in [1.54, 1.807) is 0 Å². The Morgan fingerprint density at radius 1 is 1.62 bits per heavy atom. The first-order valence-electron chi connectivity index (χ1n) is 4.43. The van der Waals surface area contributed by atoms with Gasteiger partial charge in [-0.2, -0.15) is 0 Å². The van der Waals surface area contributed by atoms with Crippen LogP contribution in [0.4, 0.5) is 0 Å². The fourth-order valence-electron chi connectivity index (χ4n) is 1.18. The molecule has 0 fully saturated rings. The Bertz CT molecular complexity index is 247. The Kier molecular flexibility index (Phi) is 4.48. The normalized spacial score (nSPS) is 13.2. The molecule has 0 amide bonds. The van der Waals surface area contributed by atoms with E-state index >= 15 is 0 Å². The minimum atomic E-state index is 0.493. The van der Waals surface area contributed by atoms with Crippen LogP contribution in [0.3, 0.4) is 0 Å². The van der Waals surface area contributed by atoms with Crippen molar-refractivity contribution in [3.63, 3.8) is 0 Å². The van der Waals surface area contributed by atoms with E-state index in [2.05, 4.69) is 44.5 Å². The highest BCUT2D eigenvalue weighted by atomic mass is 79.9. The summed E-state index contributed by atoms with van der Waals surface area (Å²) in [5, 5.41) is 6.53. The molecule has 0 aliphatic carbocycles. The van der Waals surface area contributed by atoms with Crippen molar-refractivity contribution in [2.45, 2.75) is 19.5 Å². The Balaban J connectivity index is 2.26. The zero-order chi connectivity index (χ0) is 9.68. The predicted molar refractivity (Wildman–Crippen MR) is 58.7 cm³/mol. The molecule has 0 saturated carbocycles. The third kappa shape index (κ3) is 3.93. The van der Waals surface area contributed by atoms with Crippen LogP contribution in [-0.4, -0.2) is 24.6 Å². The Labute approximate surface area is 87.4 Å². The first kappa shape index (κ1) is 10.8. The van der Waals surface area contributed by atoms with Crippen molar-refractivity contribution < 1.29 is 0 Å². The second-order valence-corrected chi connectivity index (χ2v) is 4.10. The largest absolute Gasteiger partial charge is 0.363 e. The van der Waals surface area contributed by atoms with Gasteiger partial charge in [-0.05, 0) is 36.0 Å². The van der Waals surface area contributed by atoms with Gasteiger partial charge in [0, 0.05) is 35.5 Å². The summed E-state index contributed by atoms with van der Waals surface area (Å²) < 4.78 is 1.10. The molecule has 0 spiro atoms. The summed E-state index contributed by atoms with van der Waals surface area (Å²) >= 11 is 3.40. The van der Waals surface area contributed by atoms with Crippen LogP contribution in [0.5, 0.6) is 0 Å². The molecule has 3 nitrogen and oxygen atoms in total. The van der Waals surface area contributed by atoms with Crippen molar-refractivity contribution in [3.8, 4) is 0 Å². The minimum Gasteiger partial charge on any atom is -0.363 e. The molecular formula is C9H16BrN3. The lowest BCUT2D eigenvalue weighted by atomic mass is 10.3. The van der Waals surface area contributed by atoms with Gasteiger partial charge < -0.3 is 15.6 Å². The van der Waals surface area contributed by atoms with E-state index in [0.717, 1.165) is 17.6 Å². The summed E-state index contributed by atoms with van der Waals surface area (Å²) in [4.78, 5) is 3.17. The standard InChI is InChI=1S/C9H16BrN3/c1-7(4-11-2)12-6-9-3-8(10)5-13-9/h3,5,7,11-13H,4,6H2,1-2H3. The van der Waals surface area contributed by atoms with Crippen LogP contribution in [0.2, 0.25) is 0 Å². The molecule has 1 aromatic rings. The van der Waals surface area contributed by atoms with Gasteiger partial charge in [0.25, 0.3) is 0 Å². The summed E-state index contributed by atoms with van der Waals surface area (Å²) in [5.74, 6) is 0. The lowest BCUT2D eigenvalue weighted by Gasteiger charge is -2.11. The molecule has 0 aliphatic heterocycles. The van der Waals surface area contributed by atoms with Crippen LogP contribution in [0.15, 0.2) is 16.7 Å². The summed E-state index contributed by atoms with van der Waals surface area (Å²) in [6.07, 6.45) is 1.94. The van der Waals surface area contributed by atoms with Crippen LogP contribution in [-0.2, 0) is 6.54 Å². The number of H-pyrrole nitrogens is 1. The Morgan fingerprint density at radius 2 is 2.38 bits per heavy atom. The molecule has 1 heterocycles. The second-order valence-electron chi connectivity index (χ2n) is 3.18. The van der Waals surface area contributed by atoms with Crippen LogP contribution >= 0.6 is 15.9 Å². The zero-order valence-corrected chi connectivity index (χ0v) is 9.61. The van der Waals surface area contributed by atoms with E-state index < -0.39 is 0 Å². The molecule has 0 radical (unpaired) electrons. The van der Waals surface area contributed by atoms with Crippen molar-refractivity contribution in [3.05, 3.63) is 22.4 Å². The maximum absolute atomic E-state index is 3.40. The molecule has 0 saturated heterocycles. The van der Waals surface area contributed by atoms with Gasteiger partial charge in [-0.3, -0.25) is 0 Å². The number of halogens is 1. The monoisotopic (exact) mass is 245 g/mol. The highest BCUT2D eigenvalue weighted by Gasteiger charge is 2.00. The van der Waals surface area contributed by atoms with Gasteiger partial charge in [0.05, 0.1) is 0 Å². The Hall–Kier alpha value is -0.320. The number of aromatic nitrogens is 1. The van der Waals surface area contributed by atoms with Crippen molar-refractivity contribution in [2.24, 2.45) is 0 Å². The molecule has 0 aliphatic rings. The van der Waals surface area contributed by atoms with Gasteiger partial charge >= 0.3 is 0 Å². The smallest absolute Gasteiger partial charge is 0.0360 e. The maximum atomic E-state index is 3.40. The van der Waals surface area contributed by atoms with Gasteiger partial charge in [0.2, 0.25) is 0 Å². The van der Waals surface area contributed by atoms with Gasteiger partial charge in [0.15, 0.2) is 0 Å². The lowest BCUT2D eigenvalue weighted by molar-refractivity contribution is 0.519. The third-order valence-corrected chi connectivity index (χ3v) is 2.32. The first-order chi connectivity index (χ1) is 6.22. The van der Waals surface area contributed by atoms with E-state index in [9.17, 15) is 0 Å². The van der Waals surface area contributed by atoms with Crippen molar-refractivity contribution >= 4 is 15.9 Å². The summed E-state index contributed by atoms with van der Waals surface area (Å²) in [5.41, 5.74) is 1.20. The summed E-state index contributed by atoms with van der Waals surface area (Å²) in [6.45, 7) is 4.03. The molecule has 1 aromatic heterocycles. The average molecular weight is 246 g/mol. The number of likely N-dealkylation sites (N-methyl/N-ethyl adjacent to an activating group) is 1. The van der Waals surface area contributed by atoms with E-state index in [1.165, 1.54) is 5.69 Å². The van der Waals surface area contributed by atoms with E-state index in [0.29, 0.717) is 6.04 Å². The van der Waals surface area contributed by atoms with Gasteiger partial charge in [-0.1, -0.05) is 0 Å². The highest BCUT2D eigenvalue weighted by Crippen LogP contribution is 2.10. The van der Waals surface area contributed by atoms with Gasteiger partial charge in [-0.15, -0.1) is 0 Å². The molecule has 1 atom stereocenters. The molecule has 4 heteroatoms. The number of hydrogen-bond acceptors (Lipinski definition) is 2. The molecule has 0 bridgehead atoms. The van der Waals surface area contributed by atoms with Crippen LogP contribution in [0.25, 0.3) is 0 Å². The number of aromatic amines is 1. The highest BCUT2D eigenvalue weighted by molar-refractivity contribution is 9.10. The third-order valence-electron chi connectivity index (χ3n) is 1.86. The fraction of sp³-hybridized carbons (Fsp3) is 0.556. The number of rotatable bonds is 5. The molecule has 0 aromatic carbocycles. The van der Waals surface area contributed by atoms with Crippen LogP contribution in [0, 0.1) is 0 Å². The van der Waals surface area contributed by atoms with Crippen molar-refractivity contribution in [2.75, 3.05) is 13.6 Å². The SMILES string of the molecule is CNCC(C)NCc1cc(Br)c[nH]1. The van der Waals surface area contributed by atoms with Crippen LogP contribution in [0.1, 0.15) is 12.6 Å². The predicted octanol–water partition coefficient (Wildman–Crippen LogP) is 1.47. The number of hydrogen-bond donors (Lipinski definition) is 3. The Morgan fingerprint density at radius 3 is 2.92 bits per heavy atom. The van der Waals surface area contributed by atoms with E-state index in [-0.39, 0.29) is 0 Å². The summed E-state index contributed by atoms with van der Waals surface area (Å²) in [7, 11) is 1.96. The molecule has 1 unspecified atom stereocenters. The van der Waals surface area contributed by atoms with E-state index in [1.807, 2.05) is 13.2 Å². The maximum Gasteiger partial charge on any atom is 0.0360 e. The zero-order valence-electron chi connectivity index (χ0n) is 8.02.